The van der Waals surface area contributed by atoms with Gasteiger partial charge >= 0.3 is 5.97 Å². The Balaban J connectivity index is 1.55. The zero-order valence-electron chi connectivity index (χ0n) is 20.2. The number of benzene rings is 3. The maximum Gasteiger partial charge on any atom is 0.343 e. The van der Waals surface area contributed by atoms with E-state index >= 15 is 0 Å². The molecule has 3 aromatic rings. The molecule has 3 nitrogen and oxygen atoms in total. The van der Waals surface area contributed by atoms with Crippen molar-refractivity contribution in [2.75, 3.05) is 6.61 Å². The van der Waals surface area contributed by atoms with Crippen molar-refractivity contribution in [1.29, 1.82) is 0 Å². The maximum atomic E-state index is 12.5. The third-order valence-corrected chi connectivity index (χ3v) is 5.87. The summed E-state index contributed by atoms with van der Waals surface area (Å²) in [7, 11) is 0. The summed E-state index contributed by atoms with van der Waals surface area (Å²) in [4.78, 5) is 12.5. The Morgan fingerprint density at radius 2 is 1.39 bits per heavy atom. The van der Waals surface area contributed by atoms with E-state index in [1.807, 2.05) is 48.5 Å². The minimum atomic E-state index is -0.343. The second kappa shape index (κ2) is 13.0. The molecule has 3 rings (SSSR count). The van der Waals surface area contributed by atoms with Gasteiger partial charge in [0.15, 0.2) is 0 Å². The van der Waals surface area contributed by atoms with E-state index in [9.17, 15) is 4.79 Å². The Hall–Kier alpha value is -2.91. The largest absolute Gasteiger partial charge is 0.423 e. The summed E-state index contributed by atoms with van der Waals surface area (Å²) in [5.74, 6) is 0.228. The molecule has 1 atom stereocenters. The summed E-state index contributed by atoms with van der Waals surface area (Å²) in [5.41, 5.74) is 5.15. The van der Waals surface area contributed by atoms with Gasteiger partial charge in [0, 0.05) is 6.61 Å². The van der Waals surface area contributed by atoms with Gasteiger partial charge in [-0.15, -0.1) is 0 Å². The number of hydrogen-bond donors (Lipinski definition) is 0. The van der Waals surface area contributed by atoms with E-state index in [4.69, 9.17) is 9.47 Å². The molecule has 0 fully saturated rings. The first kappa shape index (κ1) is 24.7. The predicted molar refractivity (Wildman–Crippen MR) is 136 cm³/mol. The molecule has 0 aliphatic carbocycles. The molecule has 0 aliphatic rings. The molecule has 0 N–H and O–H groups in total. The van der Waals surface area contributed by atoms with Crippen LogP contribution in [0.1, 0.15) is 80.5 Å². The second-order valence-electron chi connectivity index (χ2n) is 8.56. The second-order valence-corrected chi connectivity index (χ2v) is 8.56. The smallest absolute Gasteiger partial charge is 0.343 e. The summed E-state index contributed by atoms with van der Waals surface area (Å²) in [6.45, 7) is 7.28. The van der Waals surface area contributed by atoms with E-state index in [1.165, 1.54) is 30.4 Å². The number of esters is 1. The topological polar surface area (TPSA) is 35.5 Å². The standard InChI is InChI=1S/C30H36O3/c1-4-6-7-8-22-32-23(3)25-12-14-26(15-13-25)27-16-18-28(19-17-27)30(31)33-29-20-10-24(9-5-2)11-21-29/h10-21,23H,4-9,22H2,1-3H3. The van der Waals surface area contributed by atoms with Gasteiger partial charge in [-0.2, -0.15) is 0 Å². The van der Waals surface area contributed by atoms with Crippen LogP contribution < -0.4 is 4.74 Å². The van der Waals surface area contributed by atoms with Crippen LogP contribution in [-0.2, 0) is 11.2 Å². The summed E-state index contributed by atoms with van der Waals surface area (Å²) < 4.78 is 11.5. The fourth-order valence-corrected chi connectivity index (χ4v) is 3.81. The van der Waals surface area contributed by atoms with Gasteiger partial charge in [0.05, 0.1) is 11.7 Å². The summed E-state index contributed by atoms with van der Waals surface area (Å²) >= 11 is 0. The van der Waals surface area contributed by atoms with E-state index in [2.05, 4.69) is 45.0 Å². The highest BCUT2D eigenvalue weighted by Crippen LogP contribution is 2.24. The first-order chi connectivity index (χ1) is 16.1. The molecule has 0 aliphatic heterocycles. The van der Waals surface area contributed by atoms with Crippen molar-refractivity contribution in [2.24, 2.45) is 0 Å². The fraction of sp³-hybridized carbons (Fsp3) is 0.367. The number of rotatable bonds is 12. The van der Waals surface area contributed by atoms with Crippen LogP contribution in [0.25, 0.3) is 11.1 Å². The van der Waals surface area contributed by atoms with E-state index in [1.54, 1.807) is 0 Å². The molecule has 0 radical (unpaired) electrons. The highest BCUT2D eigenvalue weighted by Gasteiger charge is 2.10. The number of ether oxygens (including phenoxy) is 2. The van der Waals surface area contributed by atoms with Crippen molar-refractivity contribution in [1.82, 2.24) is 0 Å². The van der Waals surface area contributed by atoms with Crippen molar-refractivity contribution in [3.63, 3.8) is 0 Å². The van der Waals surface area contributed by atoms with E-state index < -0.39 is 0 Å². The molecule has 0 saturated carbocycles. The zero-order chi connectivity index (χ0) is 23.5. The van der Waals surface area contributed by atoms with E-state index in [0.29, 0.717) is 11.3 Å². The Morgan fingerprint density at radius 1 is 0.758 bits per heavy atom. The van der Waals surface area contributed by atoms with Crippen molar-refractivity contribution in [2.45, 2.75) is 65.4 Å². The van der Waals surface area contributed by atoms with Crippen LogP contribution in [0.4, 0.5) is 0 Å². The number of aryl methyl sites for hydroxylation is 1. The van der Waals surface area contributed by atoms with Crippen LogP contribution in [0, 0.1) is 0 Å². The Morgan fingerprint density at radius 3 is 2.00 bits per heavy atom. The first-order valence-electron chi connectivity index (χ1n) is 12.2. The van der Waals surface area contributed by atoms with Gasteiger partial charge < -0.3 is 9.47 Å². The van der Waals surface area contributed by atoms with Crippen molar-refractivity contribution in [3.8, 4) is 16.9 Å². The lowest BCUT2D eigenvalue weighted by Gasteiger charge is -2.14. The van der Waals surface area contributed by atoms with Crippen LogP contribution in [0.15, 0.2) is 72.8 Å². The lowest BCUT2D eigenvalue weighted by molar-refractivity contribution is 0.0628. The average molecular weight is 445 g/mol. The summed E-state index contributed by atoms with van der Waals surface area (Å²) in [5, 5.41) is 0. The lowest BCUT2D eigenvalue weighted by atomic mass is 10.0. The molecule has 0 bridgehead atoms. The molecular weight excluding hydrogens is 408 g/mol. The van der Waals surface area contributed by atoms with E-state index in [-0.39, 0.29) is 12.1 Å². The Labute approximate surface area is 198 Å². The van der Waals surface area contributed by atoms with Crippen molar-refractivity contribution in [3.05, 3.63) is 89.5 Å². The van der Waals surface area contributed by atoms with Crippen molar-refractivity contribution >= 4 is 5.97 Å². The summed E-state index contributed by atoms with van der Waals surface area (Å²) in [6.07, 6.45) is 7.09. The molecule has 3 aromatic carbocycles. The Kier molecular flexibility index (Phi) is 9.71. The van der Waals surface area contributed by atoms with Crippen molar-refractivity contribution < 1.29 is 14.3 Å². The van der Waals surface area contributed by atoms with Crippen LogP contribution in [0.3, 0.4) is 0 Å². The first-order valence-corrected chi connectivity index (χ1v) is 12.2. The average Bonchev–Trinajstić information content (AvgIpc) is 2.85. The van der Waals surface area contributed by atoms with Crippen LogP contribution in [0.5, 0.6) is 5.75 Å². The molecule has 0 spiro atoms. The molecule has 1 unspecified atom stereocenters. The highest BCUT2D eigenvalue weighted by atomic mass is 16.5. The van der Waals surface area contributed by atoms with E-state index in [0.717, 1.165) is 37.0 Å². The van der Waals surface area contributed by atoms with Gasteiger partial charge in [-0.05, 0) is 66.3 Å². The maximum absolute atomic E-state index is 12.5. The fourth-order valence-electron chi connectivity index (χ4n) is 3.81. The molecule has 0 aromatic heterocycles. The van der Waals surface area contributed by atoms with Crippen LogP contribution in [0.2, 0.25) is 0 Å². The number of unbranched alkanes of at least 4 members (excludes halogenated alkanes) is 3. The zero-order valence-corrected chi connectivity index (χ0v) is 20.2. The molecule has 174 valence electrons. The Bertz CT molecular complexity index is 973. The number of carbonyl (C=O) groups is 1. The number of hydrogen-bond acceptors (Lipinski definition) is 3. The minimum absolute atomic E-state index is 0.0915. The highest BCUT2D eigenvalue weighted by molar-refractivity contribution is 5.91. The lowest BCUT2D eigenvalue weighted by Crippen LogP contribution is -2.08. The van der Waals surface area contributed by atoms with Gasteiger partial charge in [0.1, 0.15) is 5.75 Å². The monoisotopic (exact) mass is 444 g/mol. The van der Waals surface area contributed by atoms with Gasteiger partial charge in [0.2, 0.25) is 0 Å². The SMILES string of the molecule is CCCCCCOC(C)c1ccc(-c2ccc(C(=O)Oc3ccc(CCC)cc3)cc2)cc1. The number of carbonyl (C=O) groups excluding carboxylic acids is 1. The van der Waals surface area contributed by atoms with Gasteiger partial charge in [-0.3, -0.25) is 0 Å². The van der Waals surface area contributed by atoms with Gasteiger partial charge in [0.25, 0.3) is 0 Å². The minimum Gasteiger partial charge on any atom is -0.423 e. The molecule has 3 heteroatoms. The molecular formula is C30H36O3. The normalized spacial score (nSPS) is 11.8. The molecule has 33 heavy (non-hydrogen) atoms. The van der Waals surface area contributed by atoms with Crippen LogP contribution in [-0.4, -0.2) is 12.6 Å². The van der Waals surface area contributed by atoms with Gasteiger partial charge in [-0.1, -0.05) is 88.1 Å². The van der Waals surface area contributed by atoms with Gasteiger partial charge in [-0.25, -0.2) is 4.79 Å². The third-order valence-electron chi connectivity index (χ3n) is 5.87. The molecule has 0 saturated heterocycles. The third kappa shape index (κ3) is 7.57. The van der Waals surface area contributed by atoms with Crippen LogP contribution >= 0.6 is 0 Å². The predicted octanol–water partition coefficient (Wildman–Crippen LogP) is 8.18. The molecule has 0 amide bonds. The quantitative estimate of drug-likeness (QED) is 0.160. The molecule has 0 heterocycles. The summed E-state index contributed by atoms with van der Waals surface area (Å²) in [6, 6.07) is 23.8.